The van der Waals surface area contributed by atoms with Gasteiger partial charge in [0, 0.05) is 32.1 Å². The molecule has 4 heteroatoms. The van der Waals surface area contributed by atoms with E-state index in [-0.39, 0.29) is 5.91 Å². The second-order valence-corrected chi connectivity index (χ2v) is 8.01. The number of piperidine rings is 1. The number of rotatable bonds is 8. The minimum Gasteiger partial charge on any atom is -0.493 e. The SMILES string of the molecule is Cc1ccccc1OCCCC(=O)NC1CCN(CC2CCCC2)CC1. The summed E-state index contributed by atoms with van der Waals surface area (Å²) in [5.74, 6) is 2.02. The number of nitrogens with one attached hydrogen (secondary N) is 1. The number of likely N-dealkylation sites (tertiary alicyclic amines) is 1. The third-order valence-electron chi connectivity index (χ3n) is 5.84. The Morgan fingerprint density at radius 2 is 1.88 bits per heavy atom. The fraction of sp³-hybridized carbons (Fsp3) is 0.682. The first-order chi connectivity index (χ1) is 12.7. The molecule has 0 atom stereocenters. The second-order valence-electron chi connectivity index (χ2n) is 8.01. The van der Waals surface area contributed by atoms with Crippen LogP contribution in [-0.2, 0) is 4.79 Å². The van der Waals surface area contributed by atoms with E-state index in [1.54, 1.807) is 0 Å². The van der Waals surface area contributed by atoms with Crippen molar-refractivity contribution in [2.45, 2.75) is 64.3 Å². The number of carbonyl (C=O) groups is 1. The van der Waals surface area contributed by atoms with Gasteiger partial charge in [-0.05, 0) is 56.6 Å². The first-order valence-corrected chi connectivity index (χ1v) is 10.4. The maximum Gasteiger partial charge on any atom is 0.220 e. The van der Waals surface area contributed by atoms with Crippen LogP contribution in [0, 0.1) is 12.8 Å². The van der Waals surface area contributed by atoms with Gasteiger partial charge in [0.2, 0.25) is 5.91 Å². The lowest BCUT2D eigenvalue weighted by molar-refractivity contribution is -0.122. The Kier molecular flexibility index (Phi) is 7.36. The number of nitrogens with zero attached hydrogens (tertiary/aromatic N) is 1. The van der Waals surface area contributed by atoms with Crippen molar-refractivity contribution in [2.75, 3.05) is 26.2 Å². The van der Waals surface area contributed by atoms with Crippen LogP contribution in [0.4, 0.5) is 0 Å². The van der Waals surface area contributed by atoms with Crippen LogP contribution < -0.4 is 10.1 Å². The van der Waals surface area contributed by atoms with Gasteiger partial charge in [-0.1, -0.05) is 31.0 Å². The van der Waals surface area contributed by atoms with Crippen molar-refractivity contribution >= 4 is 5.91 Å². The van der Waals surface area contributed by atoms with Crippen LogP contribution in [0.2, 0.25) is 0 Å². The summed E-state index contributed by atoms with van der Waals surface area (Å²) in [6.07, 6.45) is 9.18. The molecule has 1 heterocycles. The maximum absolute atomic E-state index is 12.2. The lowest BCUT2D eigenvalue weighted by Crippen LogP contribution is -2.45. The molecule has 1 saturated carbocycles. The van der Waals surface area contributed by atoms with Crippen LogP contribution >= 0.6 is 0 Å². The van der Waals surface area contributed by atoms with Gasteiger partial charge in [-0.25, -0.2) is 0 Å². The van der Waals surface area contributed by atoms with Crippen molar-refractivity contribution in [1.29, 1.82) is 0 Å². The standard InChI is InChI=1S/C22H34N2O2/c1-18-7-2-5-10-21(18)26-16-6-11-22(25)23-20-12-14-24(15-13-20)17-19-8-3-4-9-19/h2,5,7,10,19-20H,3-4,6,8-9,11-17H2,1H3,(H,23,25). The number of hydrogen-bond donors (Lipinski definition) is 1. The Labute approximate surface area is 158 Å². The third kappa shape index (κ3) is 6.01. The van der Waals surface area contributed by atoms with Gasteiger partial charge in [-0.2, -0.15) is 0 Å². The van der Waals surface area contributed by atoms with Crippen molar-refractivity contribution in [3.05, 3.63) is 29.8 Å². The molecule has 0 aromatic heterocycles. The Morgan fingerprint density at radius 3 is 2.62 bits per heavy atom. The van der Waals surface area contributed by atoms with Crippen LogP contribution in [0.15, 0.2) is 24.3 Å². The van der Waals surface area contributed by atoms with Crippen LogP contribution in [-0.4, -0.2) is 43.1 Å². The summed E-state index contributed by atoms with van der Waals surface area (Å²) < 4.78 is 5.77. The second kappa shape index (κ2) is 9.96. The summed E-state index contributed by atoms with van der Waals surface area (Å²) >= 11 is 0. The van der Waals surface area contributed by atoms with Crippen molar-refractivity contribution in [2.24, 2.45) is 5.92 Å². The molecule has 1 amide bonds. The molecule has 4 nitrogen and oxygen atoms in total. The summed E-state index contributed by atoms with van der Waals surface area (Å²) in [5, 5.41) is 3.22. The number of ether oxygens (including phenoxy) is 1. The van der Waals surface area contributed by atoms with Gasteiger partial charge < -0.3 is 15.0 Å². The number of para-hydroxylation sites is 1. The fourth-order valence-electron chi connectivity index (χ4n) is 4.25. The highest BCUT2D eigenvalue weighted by molar-refractivity contribution is 5.76. The molecule has 1 aromatic carbocycles. The molecule has 0 unspecified atom stereocenters. The van der Waals surface area contributed by atoms with Crippen molar-refractivity contribution in [3.63, 3.8) is 0 Å². The number of amides is 1. The summed E-state index contributed by atoms with van der Waals surface area (Å²) in [4.78, 5) is 14.8. The molecule has 144 valence electrons. The molecule has 2 fully saturated rings. The Bertz CT molecular complexity index is 561. The van der Waals surface area contributed by atoms with Gasteiger partial charge in [-0.15, -0.1) is 0 Å². The Balaban J connectivity index is 1.26. The summed E-state index contributed by atoms with van der Waals surface area (Å²) in [5.41, 5.74) is 1.14. The molecule has 2 aliphatic rings. The van der Waals surface area contributed by atoms with E-state index in [0.29, 0.717) is 19.1 Å². The third-order valence-corrected chi connectivity index (χ3v) is 5.84. The van der Waals surface area contributed by atoms with Gasteiger partial charge in [0.25, 0.3) is 0 Å². The Hall–Kier alpha value is -1.55. The zero-order valence-electron chi connectivity index (χ0n) is 16.2. The van der Waals surface area contributed by atoms with Crippen LogP contribution in [0.5, 0.6) is 5.75 Å². The van der Waals surface area contributed by atoms with E-state index >= 15 is 0 Å². The first kappa shape index (κ1) is 19.2. The van der Waals surface area contributed by atoms with Crippen molar-refractivity contribution < 1.29 is 9.53 Å². The normalized spacial score (nSPS) is 19.6. The highest BCUT2D eigenvalue weighted by Gasteiger charge is 2.24. The van der Waals surface area contributed by atoms with E-state index in [9.17, 15) is 4.79 Å². The van der Waals surface area contributed by atoms with E-state index in [2.05, 4.69) is 10.2 Å². The van der Waals surface area contributed by atoms with E-state index in [4.69, 9.17) is 4.74 Å². The maximum atomic E-state index is 12.2. The molecular formula is C22H34N2O2. The van der Waals surface area contributed by atoms with Gasteiger partial charge in [-0.3, -0.25) is 4.79 Å². The lowest BCUT2D eigenvalue weighted by Gasteiger charge is -2.33. The van der Waals surface area contributed by atoms with Gasteiger partial charge in [0.15, 0.2) is 0 Å². The van der Waals surface area contributed by atoms with Crippen LogP contribution in [0.3, 0.4) is 0 Å². The number of aryl methyl sites for hydroxylation is 1. The average Bonchev–Trinajstić information content (AvgIpc) is 3.15. The smallest absolute Gasteiger partial charge is 0.220 e. The van der Waals surface area contributed by atoms with E-state index in [1.807, 2.05) is 31.2 Å². The van der Waals surface area contributed by atoms with Crippen LogP contribution in [0.25, 0.3) is 0 Å². The van der Waals surface area contributed by atoms with E-state index < -0.39 is 0 Å². The number of hydrogen-bond acceptors (Lipinski definition) is 3. The lowest BCUT2D eigenvalue weighted by atomic mass is 10.0. The fourth-order valence-corrected chi connectivity index (χ4v) is 4.25. The molecule has 26 heavy (non-hydrogen) atoms. The predicted octanol–water partition coefficient (Wildman–Crippen LogP) is 3.92. The number of benzene rings is 1. The summed E-state index contributed by atoms with van der Waals surface area (Å²) in [6, 6.07) is 8.37. The average molecular weight is 359 g/mol. The monoisotopic (exact) mass is 358 g/mol. The summed E-state index contributed by atoms with van der Waals surface area (Å²) in [6.45, 7) is 6.19. The first-order valence-electron chi connectivity index (χ1n) is 10.4. The largest absolute Gasteiger partial charge is 0.493 e. The zero-order valence-corrected chi connectivity index (χ0v) is 16.2. The predicted molar refractivity (Wildman–Crippen MR) is 105 cm³/mol. The van der Waals surface area contributed by atoms with E-state index in [0.717, 1.165) is 49.6 Å². The minimum absolute atomic E-state index is 0.174. The highest BCUT2D eigenvalue weighted by atomic mass is 16.5. The van der Waals surface area contributed by atoms with Crippen molar-refractivity contribution in [3.8, 4) is 5.75 Å². The molecule has 1 N–H and O–H groups in total. The van der Waals surface area contributed by atoms with Gasteiger partial charge >= 0.3 is 0 Å². The van der Waals surface area contributed by atoms with E-state index in [1.165, 1.54) is 32.2 Å². The quantitative estimate of drug-likeness (QED) is 0.716. The molecule has 3 rings (SSSR count). The molecule has 0 spiro atoms. The Morgan fingerprint density at radius 1 is 1.15 bits per heavy atom. The molecule has 1 saturated heterocycles. The zero-order chi connectivity index (χ0) is 18.2. The molecular weight excluding hydrogens is 324 g/mol. The summed E-state index contributed by atoms with van der Waals surface area (Å²) in [7, 11) is 0. The van der Waals surface area contributed by atoms with Crippen molar-refractivity contribution in [1.82, 2.24) is 10.2 Å². The molecule has 1 aromatic rings. The number of carbonyl (C=O) groups excluding carboxylic acids is 1. The molecule has 1 aliphatic carbocycles. The van der Waals surface area contributed by atoms with Gasteiger partial charge in [0.05, 0.1) is 6.61 Å². The topological polar surface area (TPSA) is 41.6 Å². The molecule has 0 radical (unpaired) electrons. The van der Waals surface area contributed by atoms with Crippen LogP contribution in [0.1, 0.15) is 56.9 Å². The van der Waals surface area contributed by atoms with Gasteiger partial charge in [0.1, 0.15) is 5.75 Å². The molecule has 0 bridgehead atoms. The highest BCUT2D eigenvalue weighted by Crippen LogP contribution is 2.26. The molecule has 1 aliphatic heterocycles. The minimum atomic E-state index is 0.174.